The lowest BCUT2D eigenvalue weighted by Gasteiger charge is -2.12. The Labute approximate surface area is 82.1 Å². The summed E-state index contributed by atoms with van der Waals surface area (Å²) in [6.07, 6.45) is 4.70. The van der Waals surface area contributed by atoms with Gasteiger partial charge in [-0.25, -0.2) is 0 Å². The summed E-state index contributed by atoms with van der Waals surface area (Å²) in [5.41, 5.74) is 0. The predicted molar refractivity (Wildman–Crippen MR) is 55.3 cm³/mol. The van der Waals surface area contributed by atoms with Gasteiger partial charge in [0.1, 0.15) is 0 Å². The van der Waals surface area contributed by atoms with Crippen LogP contribution in [-0.4, -0.2) is 0 Å². The molecule has 0 amide bonds. The van der Waals surface area contributed by atoms with Crippen LogP contribution in [0.25, 0.3) is 0 Å². The Bertz CT molecular complexity index is 212. The molecule has 3 aliphatic rings. The average Bonchev–Trinajstić information content (AvgIpc) is 2.81. The van der Waals surface area contributed by atoms with Crippen LogP contribution in [0.3, 0.4) is 0 Å². The lowest BCUT2D eigenvalue weighted by molar-refractivity contribution is 0.380. The van der Waals surface area contributed by atoms with Crippen molar-refractivity contribution < 1.29 is 0 Å². The zero-order valence-electron chi connectivity index (χ0n) is 9.16. The van der Waals surface area contributed by atoms with E-state index in [1.165, 1.54) is 5.92 Å². The molecule has 6 atom stereocenters. The summed E-state index contributed by atoms with van der Waals surface area (Å²) in [6.45, 7) is 7.36. The molecule has 0 heterocycles. The first-order valence-corrected chi connectivity index (χ1v) is 6.20. The normalized spacial score (nSPS) is 63.5. The van der Waals surface area contributed by atoms with E-state index in [1.54, 1.807) is 19.3 Å². The maximum absolute atomic E-state index is 2.47. The largest absolute Gasteiger partial charge is 0.0620 e. The summed E-state index contributed by atoms with van der Waals surface area (Å²) in [6, 6.07) is 0. The Morgan fingerprint density at radius 3 is 2.08 bits per heavy atom. The fourth-order valence-electron chi connectivity index (χ4n) is 4.23. The van der Waals surface area contributed by atoms with Gasteiger partial charge in [0.15, 0.2) is 0 Å². The molecule has 0 nitrogen and oxygen atoms in total. The van der Waals surface area contributed by atoms with Crippen LogP contribution in [0.1, 0.15) is 40.0 Å². The smallest absolute Gasteiger partial charge is 0.0326 e. The van der Waals surface area contributed by atoms with Gasteiger partial charge in [-0.15, -0.1) is 0 Å². The van der Waals surface area contributed by atoms with Gasteiger partial charge in [0.2, 0.25) is 0 Å². The first-order chi connectivity index (χ1) is 6.20. The molecule has 0 aliphatic heterocycles. The maximum atomic E-state index is 2.47. The van der Waals surface area contributed by atoms with Gasteiger partial charge in [0, 0.05) is 0 Å². The number of fused-ring (bicyclic) bond motifs is 1. The minimum atomic E-state index is 1.05. The summed E-state index contributed by atoms with van der Waals surface area (Å²) in [7, 11) is 0. The molecule has 0 heteroatoms. The van der Waals surface area contributed by atoms with E-state index in [0.29, 0.717) is 0 Å². The quantitative estimate of drug-likeness (QED) is 0.606. The first kappa shape index (κ1) is 8.32. The van der Waals surface area contributed by atoms with Gasteiger partial charge in [0.05, 0.1) is 0 Å². The van der Waals surface area contributed by atoms with Gasteiger partial charge < -0.3 is 0 Å². The van der Waals surface area contributed by atoms with Crippen molar-refractivity contribution in [3.63, 3.8) is 0 Å². The molecule has 0 aromatic heterocycles. The topological polar surface area (TPSA) is 0 Å². The van der Waals surface area contributed by atoms with Crippen LogP contribution in [0.2, 0.25) is 0 Å². The molecule has 3 aliphatic carbocycles. The molecule has 0 aromatic carbocycles. The fraction of sp³-hybridized carbons (Fsp3) is 1.00. The highest BCUT2D eigenvalue weighted by Crippen LogP contribution is 2.63. The zero-order valence-corrected chi connectivity index (χ0v) is 9.16. The molecular formula is C13H22. The lowest BCUT2D eigenvalue weighted by atomic mass is 9.93. The van der Waals surface area contributed by atoms with E-state index in [-0.39, 0.29) is 0 Å². The maximum Gasteiger partial charge on any atom is -0.0326 e. The number of rotatable bonds is 2. The van der Waals surface area contributed by atoms with Crippen LogP contribution in [0.5, 0.6) is 0 Å². The Morgan fingerprint density at radius 1 is 0.923 bits per heavy atom. The van der Waals surface area contributed by atoms with Crippen molar-refractivity contribution in [2.24, 2.45) is 41.4 Å². The van der Waals surface area contributed by atoms with E-state index in [0.717, 1.165) is 35.5 Å². The molecular weight excluding hydrogens is 156 g/mol. The molecule has 74 valence electrons. The number of hydrogen-bond donors (Lipinski definition) is 0. The van der Waals surface area contributed by atoms with Crippen molar-refractivity contribution in [1.29, 1.82) is 0 Å². The molecule has 3 saturated carbocycles. The molecule has 0 spiro atoms. The highest BCUT2D eigenvalue weighted by Gasteiger charge is 2.56. The highest BCUT2D eigenvalue weighted by molar-refractivity contribution is 5.05. The SMILES string of the molecule is CC1C(C)C1CC1CCC2C(C)C12. The molecule has 0 bridgehead atoms. The summed E-state index contributed by atoms with van der Waals surface area (Å²) in [4.78, 5) is 0. The standard InChI is InChI=1S/C13H22/c1-7-8(2)12(7)6-10-4-5-11-9(3)13(10)11/h7-13H,4-6H2,1-3H3. The van der Waals surface area contributed by atoms with E-state index in [4.69, 9.17) is 0 Å². The second kappa shape index (κ2) is 2.52. The van der Waals surface area contributed by atoms with Crippen LogP contribution in [0, 0.1) is 41.4 Å². The van der Waals surface area contributed by atoms with Crippen molar-refractivity contribution in [3.8, 4) is 0 Å². The van der Waals surface area contributed by atoms with Gasteiger partial charge in [-0.1, -0.05) is 20.8 Å². The Kier molecular flexibility index (Phi) is 1.61. The van der Waals surface area contributed by atoms with E-state index < -0.39 is 0 Å². The first-order valence-electron chi connectivity index (χ1n) is 6.20. The van der Waals surface area contributed by atoms with Crippen molar-refractivity contribution >= 4 is 0 Å². The molecule has 0 saturated heterocycles. The monoisotopic (exact) mass is 178 g/mol. The van der Waals surface area contributed by atoms with Crippen LogP contribution in [-0.2, 0) is 0 Å². The third kappa shape index (κ3) is 1.10. The summed E-state index contributed by atoms with van der Waals surface area (Å²) in [5, 5.41) is 0. The Morgan fingerprint density at radius 2 is 1.62 bits per heavy atom. The van der Waals surface area contributed by atoms with Crippen LogP contribution >= 0.6 is 0 Å². The van der Waals surface area contributed by atoms with Crippen molar-refractivity contribution in [3.05, 3.63) is 0 Å². The Hall–Kier alpha value is 0. The molecule has 0 aromatic rings. The minimum absolute atomic E-state index is 1.05. The van der Waals surface area contributed by atoms with E-state index in [1.807, 2.05) is 0 Å². The minimum Gasteiger partial charge on any atom is -0.0620 e. The highest BCUT2D eigenvalue weighted by atomic mass is 14.6. The summed E-state index contributed by atoms with van der Waals surface area (Å²) >= 11 is 0. The summed E-state index contributed by atoms with van der Waals surface area (Å²) < 4.78 is 0. The van der Waals surface area contributed by atoms with E-state index >= 15 is 0 Å². The molecule has 3 rings (SSSR count). The van der Waals surface area contributed by atoms with Crippen LogP contribution in [0.4, 0.5) is 0 Å². The van der Waals surface area contributed by atoms with Crippen molar-refractivity contribution in [2.75, 3.05) is 0 Å². The molecule has 0 radical (unpaired) electrons. The second-order valence-electron chi connectivity index (χ2n) is 6.06. The lowest BCUT2D eigenvalue weighted by Crippen LogP contribution is -2.03. The molecule has 3 fully saturated rings. The fourth-order valence-corrected chi connectivity index (χ4v) is 4.23. The predicted octanol–water partition coefficient (Wildman–Crippen LogP) is 3.57. The third-order valence-electron chi connectivity index (χ3n) is 5.67. The van der Waals surface area contributed by atoms with E-state index in [9.17, 15) is 0 Å². The van der Waals surface area contributed by atoms with Crippen LogP contribution < -0.4 is 0 Å². The third-order valence-corrected chi connectivity index (χ3v) is 5.67. The van der Waals surface area contributed by atoms with Crippen molar-refractivity contribution in [2.45, 2.75) is 40.0 Å². The average molecular weight is 178 g/mol. The summed E-state index contributed by atoms with van der Waals surface area (Å²) in [5.74, 6) is 7.77. The van der Waals surface area contributed by atoms with Gasteiger partial charge in [0.25, 0.3) is 0 Å². The second-order valence-corrected chi connectivity index (χ2v) is 6.06. The zero-order chi connectivity index (χ0) is 9.16. The Balaban J connectivity index is 1.57. The molecule has 0 N–H and O–H groups in total. The molecule has 6 unspecified atom stereocenters. The van der Waals surface area contributed by atoms with E-state index in [2.05, 4.69) is 20.8 Å². The van der Waals surface area contributed by atoms with Crippen LogP contribution in [0.15, 0.2) is 0 Å². The number of hydrogen-bond acceptors (Lipinski definition) is 0. The van der Waals surface area contributed by atoms with Gasteiger partial charge >= 0.3 is 0 Å². The molecule has 13 heavy (non-hydrogen) atoms. The van der Waals surface area contributed by atoms with Gasteiger partial charge in [-0.2, -0.15) is 0 Å². The van der Waals surface area contributed by atoms with Gasteiger partial charge in [-0.3, -0.25) is 0 Å². The van der Waals surface area contributed by atoms with Gasteiger partial charge in [-0.05, 0) is 60.7 Å². The van der Waals surface area contributed by atoms with Crippen molar-refractivity contribution in [1.82, 2.24) is 0 Å².